The van der Waals surface area contributed by atoms with Gasteiger partial charge >= 0.3 is 23.5 Å². The topological polar surface area (TPSA) is 266 Å². The summed E-state index contributed by atoms with van der Waals surface area (Å²) in [5.74, 6) is 0.134. The number of nitrogens with two attached hydrogens (primary N) is 1. The number of benzene rings is 1. The zero-order valence-corrected chi connectivity index (χ0v) is 22.0. The molecule has 0 spiro atoms. The summed E-state index contributed by atoms with van der Waals surface area (Å²) in [7, 11) is -16.8. The van der Waals surface area contributed by atoms with Crippen LogP contribution in [0.3, 0.4) is 0 Å². The third kappa shape index (κ3) is 6.06. The second-order valence-corrected chi connectivity index (χ2v) is 12.8. The first-order valence-electron chi connectivity index (χ1n) is 10.5. The van der Waals surface area contributed by atoms with Crippen LogP contribution in [-0.4, -0.2) is 68.7 Å². The van der Waals surface area contributed by atoms with Crippen molar-refractivity contribution in [3.05, 3.63) is 42.9 Å². The van der Waals surface area contributed by atoms with Gasteiger partial charge < -0.3 is 44.8 Å². The zero-order chi connectivity index (χ0) is 28.1. The van der Waals surface area contributed by atoms with Crippen molar-refractivity contribution in [2.24, 2.45) is 0 Å². The summed E-state index contributed by atoms with van der Waals surface area (Å²) in [5.41, 5.74) is 5.62. The number of ether oxygens (including phenoxy) is 1. The van der Waals surface area contributed by atoms with E-state index in [9.17, 15) is 33.7 Å². The van der Waals surface area contributed by atoms with E-state index >= 15 is 0 Å². The molecule has 2 unspecified atom stereocenters. The van der Waals surface area contributed by atoms with Gasteiger partial charge in [-0.15, -0.1) is 0 Å². The molecule has 1 aliphatic rings. The number of nitrogens with zero attached hydrogens (tertiary/aromatic N) is 3. The molecule has 8 N–H and O–H groups in total. The standard InChI is InChI=1S/C18H23N4O13P3/c1-18(24)14(23)12(8-32-37(28,29)35-38(30,31)34-36(25,26)27)33-17(18)22-7-11(10-5-3-2-4-6-10)13-15(19)20-9-21-16(13)22/h2-7,9,12,14,17,23-24H,8H2,1H3,(H,28,29)(H,30,31)(H2,19,20,21)(H2,25,26,27)/t12-,14-,17-,18-/m1/s1. The SMILES string of the molecule is C[C@@]1(O)[C@H](O)[C@@H](COP(=O)(O)OP(=O)(O)OP(=O)(O)O)O[C@H]1n1cc(-c2ccccc2)c2c(N)ncnc21. The van der Waals surface area contributed by atoms with Crippen molar-refractivity contribution >= 4 is 40.3 Å². The fourth-order valence-electron chi connectivity index (χ4n) is 3.97. The molecule has 0 bridgehead atoms. The fourth-order valence-corrected chi connectivity index (χ4v) is 7.00. The van der Waals surface area contributed by atoms with Gasteiger partial charge in [0.1, 0.15) is 35.6 Å². The lowest BCUT2D eigenvalue weighted by Crippen LogP contribution is -2.44. The lowest BCUT2D eigenvalue weighted by atomic mass is 9.96. The van der Waals surface area contributed by atoms with Gasteiger partial charge in [0.2, 0.25) is 0 Å². The Labute approximate surface area is 213 Å². The molecule has 4 rings (SSSR count). The van der Waals surface area contributed by atoms with Crippen LogP contribution in [0.1, 0.15) is 13.2 Å². The smallest absolute Gasteiger partial charge is 0.387 e. The number of nitrogen functional groups attached to an aromatic ring is 1. The van der Waals surface area contributed by atoms with Gasteiger partial charge in [0, 0.05) is 11.8 Å². The first kappa shape index (κ1) is 28.9. The van der Waals surface area contributed by atoms with Crippen molar-refractivity contribution in [2.45, 2.75) is 31.0 Å². The maximum absolute atomic E-state index is 12.1. The molecule has 1 saturated heterocycles. The lowest BCUT2D eigenvalue weighted by molar-refractivity contribution is -0.0946. The molecule has 0 saturated carbocycles. The summed E-state index contributed by atoms with van der Waals surface area (Å²) in [5, 5.41) is 22.3. The Kier molecular flexibility index (Phi) is 7.73. The van der Waals surface area contributed by atoms with Crippen LogP contribution in [0.4, 0.5) is 5.82 Å². The van der Waals surface area contributed by atoms with Crippen LogP contribution < -0.4 is 5.73 Å². The number of hydrogen-bond donors (Lipinski definition) is 7. The Morgan fingerprint density at radius 2 is 1.74 bits per heavy atom. The highest BCUT2D eigenvalue weighted by molar-refractivity contribution is 7.66. The number of phosphoric acid groups is 3. The van der Waals surface area contributed by atoms with Gasteiger partial charge in [-0.2, -0.15) is 8.62 Å². The van der Waals surface area contributed by atoms with Crippen LogP contribution in [0.15, 0.2) is 42.9 Å². The quantitative estimate of drug-likeness (QED) is 0.170. The summed E-state index contributed by atoms with van der Waals surface area (Å²) in [6.07, 6.45) is -1.83. The van der Waals surface area contributed by atoms with Gasteiger partial charge in [0.15, 0.2) is 6.23 Å². The lowest BCUT2D eigenvalue weighted by Gasteiger charge is -2.27. The highest BCUT2D eigenvalue weighted by Gasteiger charge is 2.54. The molecule has 38 heavy (non-hydrogen) atoms. The second-order valence-electron chi connectivity index (χ2n) is 8.36. The Balaban J connectivity index is 1.60. The minimum atomic E-state index is -5.74. The van der Waals surface area contributed by atoms with Crippen molar-refractivity contribution in [3.63, 3.8) is 0 Å². The third-order valence-corrected chi connectivity index (χ3v) is 9.35. The van der Waals surface area contributed by atoms with Crippen molar-refractivity contribution in [2.75, 3.05) is 12.3 Å². The molecule has 6 atom stereocenters. The normalized spacial score (nSPS) is 27.3. The van der Waals surface area contributed by atoms with Gasteiger partial charge in [0.25, 0.3) is 0 Å². The fraction of sp³-hybridized carbons (Fsp3) is 0.333. The number of aliphatic hydroxyl groups is 2. The average Bonchev–Trinajstić information content (AvgIpc) is 3.27. The van der Waals surface area contributed by atoms with Crippen molar-refractivity contribution in [1.82, 2.24) is 14.5 Å². The number of aliphatic hydroxyl groups excluding tert-OH is 1. The van der Waals surface area contributed by atoms with Gasteiger partial charge in [-0.1, -0.05) is 30.3 Å². The van der Waals surface area contributed by atoms with E-state index in [4.69, 9.17) is 20.3 Å². The second kappa shape index (κ2) is 10.2. The average molecular weight is 596 g/mol. The van der Waals surface area contributed by atoms with Crippen LogP contribution in [0.25, 0.3) is 22.2 Å². The summed E-state index contributed by atoms with van der Waals surface area (Å²) in [6, 6.07) is 9.01. The van der Waals surface area contributed by atoms with Crippen LogP contribution in [0.2, 0.25) is 0 Å². The number of anilines is 1. The molecule has 0 amide bonds. The number of phosphoric ester groups is 1. The Morgan fingerprint density at radius 3 is 2.37 bits per heavy atom. The Morgan fingerprint density at radius 1 is 1.08 bits per heavy atom. The molecule has 1 aliphatic heterocycles. The molecule has 1 aromatic carbocycles. The number of aromatic nitrogens is 3. The zero-order valence-electron chi connectivity index (χ0n) is 19.3. The molecule has 17 nitrogen and oxygen atoms in total. The molecule has 208 valence electrons. The van der Waals surface area contributed by atoms with Gasteiger partial charge in [0.05, 0.1) is 12.0 Å². The predicted molar refractivity (Wildman–Crippen MR) is 128 cm³/mol. The van der Waals surface area contributed by atoms with Crippen LogP contribution in [-0.2, 0) is 31.6 Å². The van der Waals surface area contributed by atoms with E-state index < -0.39 is 54.1 Å². The molecule has 0 radical (unpaired) electrons. The molecular weight excluding hydrogens is 573 g/mol. The highest BCUT2D eigenvalue weighted by Crippen LogP contribution is 2.66. The Bertz CT molecular complexity index is 1480. The summed E-state index contributed by atoms with van der Waals surface area (Å²) in [6.45, 7) is 0.255. The summed E-state index contributed by atoms with van der Waals surface area (Å²) < 4.78 is 53.4. The number of rotatable bonds is 9. The van der Waals surface area contributed by atoms with Gasteiger partial charge in [-0.3, -0.25) is 4.52 Å². The first-order chi connectivity index (χ1) is 17.5. The minimum absolute atomic E-state index is 0.134. The molecule has 20 heteroatoms. The largest absolute Gasteiger partial charge is 0.490 e. The van der Waals surface area contributed by atoms with E-state index in [1.165, 1.54) is 17.8 Å². The molecular formula is C18H23N4O13P3. The molecule has 2 aromatic heterocycles. The first-order valence-corrected chi connectivity index (χ1v) is 15.0. The molecule has 0 aliphatic carbocycles. The van der Waals surface area contributed by atoms with Crippen LogP contribution in [0, 0.1) is 0 Å². The molecule has 1 fully saturated rings. The van der Waals surface area contributed by atoms with E-state index in [0.717, 1.165) is 5.56 Å². The Hall–Kier alpha value is -2.07. The van der Waals surface area contributed by atoms with E-state index in [1.807, 2.05) is 6.07 Å². The van der Waals surface area contributed by atoms with Crippen molar-refractivity contribution < 1.29 is 61.4 Å². The van der Waals surface area contributed by atoms with Gasteiger partial charge in [-0.25, -0.2) is 23.7 Å². The van der Waals surface area contributed by atoms with Crippen molar-refractivity contribution in [1.29, 1.82) is 0 Å². The maximum atomic E-state index is 12.1. The third-order valence-electron chi connectivity index (χ3n) is 5.55. The van der Waals surface area contributed by atoms with Crippen LogP contribution >= 0.6 is 23.5 Å². The monoisotopic (exact) mass is 596 g/mol. The van der Waals surface area contributed by atoms with Crippen LogP contribution in [0.5, 0.6) is 0 Å². The number of fused-ring (bicyclic) bond motifs is 1. The summed E-state index contributed by atoms with van der Waals surface area (Å²) >= 11 is 0. The predicted octanol–water partition coefficient (Wildman–Crippen LogP) is 1.03. The summed E-state index contributed by atoms with van der Waals surface area (Å²) in [4.78, 5) is 44.5. The van der Waals surface area contributed by atoms with Crippen molar-refractivity contribution in [3.8, 4) is 11.1 Å². The van der Waals surface area contributed by atoms with E-state index in [0.29, 0.717) is 10.9 Å². The van der Waals surface area contributed by atoms with E-state index in [2.05, 4.69) is 23.1 Å². The molecule has 3 heterocycles. The van der Waals surface area contributed by atoms with E-state index in [-0.39, 0.29) is 11.5 Å². The minimum Gasteiger partial charge on any atom is -0.387 e. The maximum Gasteiger partial charge on any atom is 0.490 e. The van der Waals surface area contributed by atoms with E-state index in [1.54, 1.807) is 30.5 Å². The van der Waals surface area contributed by atoms with Gasteiger partial charge in [-0.05, 0) is 12.5 Å². The number of hydrogen-bond acceptors (Lipinski definition) is 12. The molecule has 3 aromatic rings. The highest BCUT2D eigenvalue weighted by atomic mass is 31.3.